The molecule has 1 saturated carbocycles. The Morgan fingerprint density at radius 2 is 2.15 bits per heavy atom. The molecule has 6 heteroatoms. The van der Waals surface area contributed by atoms with E-state index in [0.717, 1.165) is 17.7 Å². The Morgan fingerprint density at radius 1 is 1.45 bits per heavy atom. The van der Waals surface area contributed by atoms with Gasteiger partial charge in [-0.3, -0.25) is 9.59 Å². The molecule has 0 saturated heterocycles. The topological polar surface area (TPSA) is 78.4 Å². The van der Waals surface area contributed by atoms with E-state index in [1.54, 1.807) is 11.3 Å². The van der Waals surface area contributed by atoms with Crippen molar-refractivity contribution in [1.29, 1.82) is 0 Å². The molecule has 2 unspecified atom stereocenters. The molecule has 1 aliphatic carbocycles. The first-order valence-electron chi connectivity index (χ1n) is 6.79. The Bertz CT molecular complexity index is 494. The second kappa shape index (κ2) is 6.37. The molecule has 0 bridgehead atoms. The summed E-state index contributed by atoms with van der Waals surface area (Å²) in [5, 5.41) is 15.0. The van der Waals surface area contributed by atoms with Gasteiger partial charge in [-0.05, 0) is 38.8 Å². The largest absolute Gasteiger partial charge is 0.391 e. The van der Waals surface area contributed by atoms with Crippen LogP contribution in [-0.4, -0.2) is 29.1 Å². The molecule has 0 radical (unpaired) electrons. The normalized spacial score (nSPS) is 17.4. The monoisotopic (exact) mass is 296 g/mol. The van der Waals surface area contributed by atoms with Gasteiger partial charge in [-0.2, -0.15) is 0 Å². The summed E-state index contributed by atoms with van der Waals surface area (Å²) in [5.41, 5.74) is 0. The van der Waals surface area contributed by atoms with Crippen LogP contribution in [0.4, 0.5) is 0 Å². The summed E-state index contributed by atoms with van der Waals surface area (Å²) in [5.74, 6) is -0.470. The van der Waals surface area contributed by atoms with E-state index in [0.29, 0.717) is 6.54 Å². The second-order valence-electron chi connectivity index (χ2n) is 5.23. The fourth-order valence-electron chi connectivity index (χ4n) is 1.89. The maximum absolute atomic E-state index is 12.1. The fourth-order valence-corrected chi connectivity index (χ4v) is 2.72. The molecule has 1 aromatic heterocycles. The predicted molar refractivity (Wildman–Crippen MR) is 77.2 cm³/mol. The lowest BCUT2D eigenvalue weighted by Gasteiger charge is -2.20. The summed E-state index contributed by atoms with van der Waals surface area (Å²) < 4.78 is 0. The Labute approximate surface area is 122 Å². The van der Waals surface area contributed by atoms with Crippen molar-refractivity contribution in [2.75, 3.05) is 0 Å². The van der Waals surface area contributed by atoms with Gasteiger partial charge in [0.2, 0.25) is 11.8 Å². The third kappa shape index (κ3) is 4.05. The van der Waals surface area contributed by atoms with Crippen LogP contribution in [0.1, 0.15) is 29.5 Å². The quantitative estimate of drug-likeness (QED) is 0.731. The van der Waals surface area contributed by atoms with Gasteiger partial charge in [-0.1, -0.05) is 0 Å². The van der Waals surface area contributed by atoms with E-state index >= 15 is 0 Å². The fraction of sp³-hybridized carbons (Fsp3) is 0.571. The molecule has 20 heavy (non-hydrogen) atoms. The van der Waals surface area contributed by atoms with Gasteiger partial charge in [0.25, 0.3) is 0 Å². The van der Waals surface area contributed by atoms with Crippen molar-refractivity contribution in [3.63, 3.8) is 0 Å². The number of amides is 2. The number of rotatable bonds is 6. The average molecular weight is 296 g/mol. The van der Waals surface area contributed by atoms with E-state index in [9.17, 15) is 14.7 Å². The minimum atomic E-state index is -0.914. The number of hydrogen-bond acceptors (Lipinski definition) is 4. The van der Waals surface area contributed by atoms with Crippen molar-refractivity contribution >= 4 is 23.2 Å². The molecular weight excluding hydrogens is 276 g/mol. The molecule has 1 fully saturated rings. The van der Waals surface area contributed by atoms with Crippen LogP contribution in [0.2, 0.25) is 0 Å². The SMILES string of the molecule is Cc1ccc(CNC(=O)C(NC(=O)C2CC2)C(C)O)s1. The van der Waals surface area contributed by atoms with Crippen molar-refractivity contribution in [1.82, 2.24) is 10.6 Å². The van der Waals surface area contributed by atoms with Gasteiger partial charge in [0.15, 0.2) is 0 Å². The van der Waals surface area contributed by atoms with Gasteiger partial charge >= 0.3 is 0 Å². The number of aliphatic hydroxyl groups is 1. The van der Waals surface area contributed by atoms with Crippen molar-refractivity contribution in [3.05, 3.63) is 21.9 Å². The molecule has 5 nitrogen and oxygen atoms in total. The van der Waals surface area contributed by atoms with Gasteiger partial charge < -0.3 is 15.7 Å². The molecule has 3 N–H and O–H groups in total. The summed E-state index contributed by atoms with van der Waals surface area (Å²) in [6, 6.07) is 3.07. The minimum Gasteiger partial charge on any atom is -0.391 e. The van der Waals surface area contributed by atoms with Crippen molar-refractivity contribution < 1.29 is 14.7 Å². The highest BCUT2D eigenvalue weighted by molar-refractivity contribution is 7.11. The first kappa shape index (κ1) is 15.0. The molecule has 2 atom stereocenters. The van der Waals surface area contributed by atoms with Crippen LogP contribution in [0.5, 0.6) is 0 Å². The molecule has 2 amide bonds. The zero-order valence-electron chi connectivity index (χ0n) is 11.7. The maximum atomic E-state index is 12.1. The number of carbonyl (C=O) groups excluding carboxylic acids is 2. The number of carbonyl (C=O) groups is 2. The summed E-state index contributed by atoms with van der Waals surface area (Å²) >= 11 is 1.61. The van der Waals surface area contributed by atoms with E-state index < -0.39 is 12.1 Å². The number of nitrogens with one attached hydrogen (secondary N) is 2. The lowest BCUT2D eigenvalue weighted by Crippen LogP contribution is -2.52. The van der Waals surface area contributed by atoms with Gasteiger partial charge in [0, 0.05) is 15.7 Å². The number of hydrogen-bond donors (Lipinski definition) is 3. The number of aryl methyl sites for hydroxylation is 1. The lowest BCUT2D eigenvalue weighted by atomic mass is 10.1. The van der Waals surface area contributed by atoms with Crippen molar-refractivity contribution in [3.8, 4) is 0 Å². The molecule has 2 rings (SSSR count). The second-order valence-corrected chi connectivity index (χ2v) is 6.60. The number of thiophene rings is 1. The summed E-state index contributed by atoms with van der Waals surface area (Å²) in [6.07, 6.45) is 0.825. The molecular formula is C14H20N2O3S. The third-order valence-electron chi connectivity index (χ3n) is 3.24. The molecule has 1 aromatic rings. The molecule has 110 valence electrons. The Morgan fingerprint density at radius 3 is 2.65 bits per heavy atom. The molecule has 0 spiro atoms. The van der Waals surface area contributed by atoms with Gasteiger partial charge in [-0.15, -0.1) is 11.3 Å². The minimum absolute atomic E-state index is 0.0176. The van der Waals surface area contributed by atoms with Crippen LogP contribution in [0, 0.1) is 12.8 Å². The Balaban J connectivity index is 1.87. The molecule has 0 aromatic carbocycles. The van der Waals surface area contributed by atoms with Crippen LogP contribution in [0.3, 0.4) is 0 Å². The van der Waals surface area contributed by atoms with Crippen molar-refractivity contribution in [2.24, 2.45) is 5.92 Å². The third-order valence-corrected chi connectivity index (χ3v) is 4.24. The highest BCUT2D eigenvalue weighted by atomic mass is 32.1. The van der Waals surface area contributed by atoms with E-state index in [1.807, 2.05) is 19.1 Å². The van der Waals surface area contributed by atoms with Crippen LogP contribution in [0.25, 0.3) is 0 Å². The number of aliphatic hydroxyl groups excluding tert-OH is 1. The summed E-state index contributed by atoms with van der Waals surface area (Å²) in [6.45, 7) is 3.93. The maximum Gasteiger partial charge on any atom is 0.245 e. The lowest BCUT2D eigenvalue weighted by molar-refractivity contribution is -0.132. The van der Waals surface area contributed by atoms with Crippen LogP contribution < -0.4 is 10.6 Å². The van der Waals surface area contributed by atoms with Gasteiger partial charge in [0.05, 0.1) is 12.6 Å². The first-order chi connectivity index (χ1) is 9.47. The highest BCUT2D eigenvalue weighted by Crippen LogP contribution is 2.29. The van der Waals surface area contributed by atoms with E-state index in [2.05, 4.69) is 10.6 Å². The van der Waals surface area contributed by atoms with Gasteiger partial charge in [0.1, 0.15) is 6.04 Å². The summed E-state index contributed by atoms with van der Waals surface area (Å²) in [7, 11) is 0. The van der Waals surface area contributed by atoms with Crippen molar-refractivity contribution in [2.45, 2.75) is 45.4 Å². The zero-order valence-corrected chi connectivity index (χ0v) is 12.5. The first-order valence-corrected chi connectivity index (χ1v) is 7.60. The van der Waals surface area contributed by atoms with E-state index in [-0.39, 0.29) is 17.7 Å². The summed E-state index contributed by atoms with van der Waals surface area (Å²) in [4.78, 5) is 26.0. The highest BCUT2D eigenvalue weighted by Gasteiger charge is 2.34. The zero-order chi connectivity index (χ0) is 14.7. The standard InChI is InChI=1S/C14H20N2O3S/c1-8-3-6-11(20-8)7-15-14(19)12(9(2)17)16-13(18)10-4-5-10/h3,6,9-10,12,17H,4-5,7H2,1-2H3,(H,15,19)(H,16,18). The smallest absolute Gasteiger partial charge is 0.245 e. The average Bonchev–Trinajstić information content (AvgIpc) is 3.16. The van der Waals surface area contributed by atoms with Crippen LogP contribution >= 0.6 is 11.3 Å². The molecule has 1 heterocycles. The van der Waals surface area contributed by atoms with Crippen LogP contribution in [0.15, 0.2) is 12.1 Å². The molecule has 0 aliphatic heterocycles. The Hall–Kier alpha value is -1.40. The van der Waals surface area contributed by atoms with Crippen LogP contribution in [-0.2, 0) is 16.1 Å². The van der Waals surface area contributed by atoms with E-state index in [4.69, 9.17) is 0 Å². The van der Waals surface area contributed by atoms with Gasteiger partial charge in [-0.25, -0.2) is 0 Å². The van der Waals surface area contributed by atoms with E-state index in [1.165, 1.54) is 11.8 Å². The predicted octanol–water partition coefficient (Wildman–Crippen LogP) is 0.948. The molecule has 1 aliphatic rings. The Kier molecular flexibility index (Phi) is 4.77.